The molecular weight excluding hydrogens is 348 g/mol. The van der Waals surface area contributed by atoms with E-state index in [9.17, 15) is 14.4 Å². The number of amides is 2. The molecular formula is C19H22N4O4. The zero-order valence-corrected chi connectivity index (χ0v) is 15.1. The molecule has 0 bridgehead atoms. The fourth-order valence-corrected chi connectivity index (χ4v) is 2.85. The van der Waals surface area contributed by atoms with Crippen molar-refractivity contribution < 1.29 is 14.3 Å². The van der Waals surface area contributed by atoms with Crippen LogP contribution in [0.15, 0.2) is 41.5 Å². The molecule has 0 saturated carbocycles. The number of hydrogen-bond acceptors (Lipinski definition) is 5. The molecule has 3 rings (SSSR count). The van der Waals surface area contributed by atoms with Crippen molar-refractivity contribution in [3.8, 4) is 5.88 Å². The molecule has 3 heterocycles. The maximum absolute atomic E-state index is 12.4. The monoisotopic (exact) mass is 370 g/mol. The Morgan fingerprint density at radius 3 is 2.63 bits per heavy atom. The quantitative estimate of drug-likeness (QED) is 0.835. The number of carbonyl (C=O) groups is 2. The molecule has 2 amide bonds. The minimum Gasteiger partial charge on any atom is -0.474 e. The van der Waals surface area contributed by atoms with Crippen LogP contribution in [0.3, 0.4) is 0 Å². The first-order valence-corrected chi connectivity index (χ1v) is 8.95. The van der Waals surface area contributed by atoms with Crippen molar-refractivity contribution >= 4 is 17.5 Å². The maximum atomic E-state index is 12.4. The summed E-state index contributed by atoms with van der Waals surface area (Å²) in [6.45, 7) is 2.94. The highest BCUT2D eigenvalue weighted by molar-refractivity contribution is 5.94. The third-order valence-electron chi connectivity index (χ3n) is 4.39. The number of H-pyrrole nitrogens is 1. The molecule has 8 heteroatoms. The summed E-state index contributed by atoms with van der Waals surface area (Å²) in [4.78, 5) is 43.4. The van der Waals surface area contributed by atoms with E-state index in [4.69, 9.17) is 4.74 Å². The van der Waals surface area contributed by atoms with Crippen LogP contribution >= 0.6 is 0 Å². The summed E-state index contributed by atoms with van der Waals surface area (Å²) >= 11 is 0. The van der Waals surface area contributed by atoms with E-state index in [-0.39, 0.29) is 23.5 Å². The molecule has 0 atom stereocenters. The minimum absolute atomic E-state index is 0.0202. The van der Waals surface area contributed by atoms with Crippen molar-refractivity contribution in [2.45, 2.75) is 32.3 Å². The van der Waals surface area contributed by atoms with Crippen LogP contribution in [0, 0.1) is 0 Å². The molecule has 2 aromatic heterocycles. The second-order valence-electron chi connectivity index (χ2n) is 6.34. The van der Waals surface area contributed by atoms with E-state index in [1.54, 1.807) is 30.2 Å². The minimum atomic E-state index is -0.230. The van der Waals surface area contributed by atoms with E-state index < -0.39 is 0 Å². The Morgan fingerprint density at radius 2 is 2.04 bits per heavy atom. The van der Waals surface area contributed by atoms with Crippen LogP contribution in [0.25, 0.3) is 0 Å². The van der Waals surface area contributed by atoms with Gasteiger partial charge in [0, 0.05) is 50.7 Å². The molecule has 0 aromatic carbocycles. The molecule has 1 saturated heterocycles. The van der Waals surface area contributed by atoms with E-state index in [2.05, 4.69) is 15.3 Å². The van der Waals surface area contributed by atoms with Gasteiger partial charge in [-0.1, -0.05) is 6.92 Å². The van der Waals surface area contributed by atoms with Crippen molar-refractivity contribution in [1.29, 1.82) is 0 Å². The summed E-state index contributed by atoms with van der Waals surface area (Å²) in [5, 5.41) is 2.74. The third kappa shape index (κ3) is 4.93. The molecule has 0 radical (unpaired) electrons. The van der Waals surface area contributed by atoms with Gasteiger partial charge in [-0.25, -0.2) is 4.98 Å². The van der Waals surface area contributed by atoms with E-state index in [1.807, 2.05) is 0 Å². The van der Waals surface area contributed by atoms with Gasteiger partial charge in [0.2, 0.25) is 17.3 Å². The predicted molar refractivity (Wildman–Crippen MR) is 99.8 cm³/mol. The number of nitrogens with zero attached hydrogens (tertiary/aromatic N) is 2. The van der Waals surface area contributed by atoms with Crippen LogP contribution in [0.1, 0.15) is 36.5 Å². The standard InChI is InChI=1S/C19H22N4O4/c1-2-16(24)22-14-4-6-18(21-12-14)27-15-7-9-23(10-8-15)19(26)13-3-5-17(25)20-11-13/h3-6,11-12,15H,2,7-10H2,1H3,(H,20,25)(H,22,24). The lowest BCUT2D eigenvalue weighted by Gasteiger charge is -2.32. The Labute approximate surface area is 156 Å². The number of aromatic nitrogens is 2. The first-order chi connectivity index (χ1) is 13.0. The molecule has 1 aliphatic heterocycles. The van der Waals surface area contributed by atoms with Gasteiger partial charge in [-0.15, -0.1) is 0 Å². The van der Waals surface area contributed by atoms with Crippen molar-refractivity contribution in [2.75, 3.05) is 18.4 Å². The van der Waals surface area contributed by atoms with Gasteiger partial charge in [-0.05, 0) is 12.1 Å². The molecule has 0 unspecified atom stereocenters. The molecule has 27 heavy (non-hydrogen) atoms. The molecule has 0 aliphatic carbocycles. The van der Waals surface area contributed by atoms with Gasteiger partial charge in [0.25, 0.3) is 5.91 Å². The van der Waals surface area contributed by atoms with Gasteiger partial charge in [0.15, 0.2) is 0 Å². The molecule has 1 fully saturated rings. The number of hydrogen-bond donors (Lipinski definition) is 2. The molecule has 2 N–H and O–H groups in total. The zero-order valence-electron chi connectivity index (χ0n) is 15.1. The molecule has 1 aliphatic rings. The average Bonchev–Trinajstić information content (AvgIpc) is 2.70. The van der Waals surface area contributed by atoms with Gasteiger partial charge in [0.1, 0.15) is 6.10 Å². The van der Waals surface area contributed by atoms with Crippen LogP contribution in [-0.2, 0) is 4.79 Å². The predicted octanol–water partition coefficient (Wildman–Crippen LogP) is 1.80. The topological polar surface area (TPSA) is 104 Å². The lowest BCUT2D eigenvalue weighted by Crippen LogP contribution is -2.42. The summed E-state index contributed by atoms with van der Waals surface area (Å²) < 4.78 is 5.88. The fourth-order valence-electron chi connectivity index (χ4n) is 2.85. The number of likely N-dealkylation sites (tertiary alicyclic amines) is 1. The summed E-state index contributed by atoms with van der Waals surface area (Å²) in [7, 11) is 0. The number of rotatable bonds is 5. The van der Waals surface area contributed by atoms with Crippen LogP contribution in [0.4, 0.5) is 5.69 Å². The van der Waals surface area contributed by atoms with Crippen LogP contribution in [-0.4, -0.2) is 45.9 Å². The summed E-state index contributed by atoms with van der Waals surface area (Å²) in [5.74, 6) is 0.332. The average molecular weight is 370 g/mol. The highest BCUT2D eigenvalue weighted by atomic mass is 16.5. The first-order valence-electron chi connectivity index (χ1n) is 8.95. The van der Waals surface area contributed by atoms with Crippen LogP contribution in [0.2, 0.25) is 0 Å². The van der Waals surface area contributed by atoms with E-state index in [1.165, 1.54) is 18.3 Å². The lowest BCUT2D eigenvalue weighted by atomic mass is 10.1. The van der Waals surface area contributed by atoms with Gasteiger partial charge in [0.05, 0.1) is 17.4 Å². The van der Waals surface area contributed by atoms with E-state index >= 15 is 0 Å². The largest absolute Gasteiger partial charge is 0.474 e. The van der Waals surface area contributed by atoms with Crippen molar-refractivity contribution in [3.05, 3.63) is 52.6 Å². The van der Waals surface area contributed by atoms with E-state index in [0.717, 1.165) is 0 Å². The number of pyridine rings is 2. The number of anilines is 1. The Hall–Kier alpha value is -3.16. The van der Waals surface area contributed by atoms with Gasteiger partial charge >= 0.3 is 0 Å². The second-order valence-corrected chi connectivity index (χ2v) is 6.34. The zero-order chi connectivity index (χ0) is 19.2. The highest BCUT2D eigenvalue weighted by Crippen LogP contribution is 2.19. The van der Waals surface area contributed by atoms with Crippen LogP contribution < -0.4 is 15.6 Å². The maximum Gasteiger partial charge on any atom is 0.255 e. The third-order valence-corrected chi connectivity index (χ3v) is 4.39. The van der Waals surface area contributed by atoms with Gasteiger partial charge in [-0.2, -0.15) is 0 Å². The van der Waals surface area contributed by atoms with E-state index in [0.29, 0.717) is 49.5 Å². The fraction of sp³-hybridized carbons (Fsp3) is 0.368. The summed E-state index contributed by atoms with van der Waals surface area (Å²) in [6.07, 6.45) is 4.80. The van der Waals surface area contributed by atoms with Crippen molar-refractivity contribution in [3.63, 3.8) is 0 Å². The Kier molecular flexibility index (Phi) is 5.85. The number of ether oxygens (including phenoxy) is 1. The first kappa shape index (κ1) is 18.6. The van der Waals surface area contributed by atoms with Crippen molar-refractivity contribution in [2.24, 2.45) is 0 Å². The van der Waals surface area contributed by atoms with Crippen LogP contribution in [0.5, 0.6) is 5.88 Å². The molecule has 142 valence electrons. The lowest BCUT2D eigenvalue weighted by molar-refractivity contribution is -0.115. The molecule has 0 spiro atoms. The van der Waals surface area contributed by atoms with Crippen molar-refractivity contribution in [1.82, 2.24) is 14.9 Å². The number of nitrogens with one attached hydrogen (secondary N) is 2. The number of carbonyl (C=O) groups excluding carboxylic acids is 2. The second kappa shape index (κ2) is 8.48. The highest BCUT2D eigenvalue weighted by Gasteiger charge is 2.25. The Bertz CT molecular complexity index is 834. The molecule has 2 aromatic rings. The SMILES string of the molecule is CCC(=O)Nc1ccc(OC2CCN(C(=O)c3ccc(=O)[nH]c3)CC2)nc1. The van der Waals surface area contributed by atoms with Gasteiger partial charge < -0.3 is 19.9 Å². The number of aromatic amines is 1. The smallest absolute Gasteiger partial charge is 0.255 e. The summed E-state index contributed by atoms with van der Waals surface area (Å²) in [5.41, 5.74) is 0.877. The summed E-state index contributed by atoms with van der Waals surface area (Å²) in [6, 6.07) is 6.36. The normalized spacial score (nSPS) is 14.6. The Morgan fingerprint density at radius 1 is 1.26 bits per heavy atom. The molecule has 8 nitrogen and oxygen atoms in total. The Balaban J connectivity index is 1.50. The number of piperidine rings is 1. The van der Waals surface area contributed by atoms with Gasteiger partial charge in [-0.3, -0.25) is 14.4 Å².